The highest BCUT2D eigenvalue weighted by Gasteiger charge is 2.23. The monoisotopic (exact) mass is 339 g/mol. The fraction of sp³-hybridized carbons (Fsp3) is 0.500. The molecule has 0 aromatic heterocycles. The Kier molecular flexibility index (Phi) is 6.67. The van der Waals surface area contributed by atoms with E-state index in [9.17, 15) is 9.59 Å². The van der Waals surface area contributed by atoms with Crippen molar-refractivity contribution in [2.75, 3.05) is 31.6 Å². The van der Waals surface area contributed by atoms with Gasteiger partial charge in [-0.25, -0.2) is 4.79 Å². The van der Waals surface area contributed by atoms with Crippen molar-refractivity contribution in [2.45, 2.75) is 25.8 Å². The van der Waals surface area contributed by atoms with E-state index in [0.29, 0.717) is 24.7 Å². The van der Waals surface area contributed by atoms with Crippen LogP contribution in [0.1, 0.15) is 19.8 Å². The highest BCUT2D eigenvalue weighted by atomic mass is 35.5. The fourth-order valence-electron chi connectivity index (χ4n) is 2.46. The van der Waals surface area contributed by atoms with Gasteiger partial charge in [0.25, 0.3) is 0 Å². The van der Waals surface area contributed by atoms with Crippen molar-refractivity contribution in [3.8, 4) is 0 Å². The molecule has 1 aromatic carbocycles. The van der Waals surface area contributed by atoms with Crippen LogP contribution in [-0.2, 0) is 9.53 Å². The molecule has 1 aliphatic rings. The van der Waals surface area contributed by atoms with Crippen LogP contribution in [0, 0.1) is 0 Å². The molecular formula is C16H22ClN3O3. The van der Waals surface area contributed by atoms with E-state index in [0.717, 1.165) is 18.5 Å². The summed E-state index contributed by atoms with van der Waals surface area (Å²) in [4.78, 5) is 25.2. The van der Waals surface area contributed by atoms with Crippen molar-refractivity contribution in [1.82, 2.24) is 10.2 Å². The highest BCUT2D eigenvalue weighted by molar-refractivity contribution is 6.30. The molecule has 1 aromatic rings. The lowest BCUT2D eigenvalue weighted by Crippen LogP contribution is -2.46. The zero-order chi connectivity index (χ0) is 16.7. The minimum atomic E-state index is -0.258. The fourth-order valence-corrected chi connectivity index (χ4v) is 2.58. The van der Waals surface area contributed by atoms with Gasteiger partial charge >= 0.3 is 6.09 Å². The third kappa shape index (κ3) is 5.73. The zero-order valence-corrected chi connectivity index (χ0v) is 13.9. The van der Waals surface area contributed by atoms with Gasteiger partial charge in [0.2, 0.25) is 5.91 Å². The second kappa shape index (κ2) is 8.74. The van der Waals surface area contributed by atoms with Crippen molar-refractivity contribution in [3.05, 3.63) is 29.3 Å². The van der Waals surface area contributed by atoms with E-state index in [4.69, 9.17) is 16.3 Å². The molecule has 6 nitrogen and oxygen atoms in total. The summed E-state index contributed by atoms with van der Waals surface area (Å²) in [5.74, 6) is -0.0971. The molecule has 2 rings (SSSR count). The first kappa shape index (κ1) is 17.6. The van der Waals surface area contributed by atoms with Gasteiger partial charge in [0.1, 0.15) is 0 Å². The van der Waals surface area contributed by atoms with E-state index in [1.807, 2.05) is 0 Å². The van der Waals surface area contributed by atoms with Crippen LogP contribution in [0.3, 0.4) is 0 Å². The Hall–Kier alpha value is -1.79. The number of hydrogen-bond donors (Lipinski definition) is 2. The lowest BCUT2D eigenvalue weighted by Gasteiger charge is -2.31. The quantitative estimate of drug-likeness (QED) is 0.864. The van der Waals surface area contributed by atoms with Crippen LogP contribution in [-0.4, -0.2) is 49.2 Å². The first-order valence-corrected chi connectivity index (χ1v) is 8.16. The topological polar surface area (TPSA) is 70.7 Å². The van der Waals surface area contributed by atoms with Crippen molar-refractivity contribution < 1.29 is 14.3 Å². The molecule has 2 N–H and O–H groups in total. The van der Waals surface area contributed by atoms with Crippen LogP contribution in [0.4, 0.5) is 10.5 Å². The Balaban J connectivity index is 1.67. The predicted molar refractivity (Wildman–Crippen MR) is 89.7 cm³/mol. The Morgan fingerprint density at radius 3 is 2.52 bits per heavy atom. The average Bonchev–Trinajstić information content (AvgIpc) is 2.56. The number of ether oxygens (including phenoxy) is 1. The lowest BCUT2D eigenvalue weighted by atomic mass is 10.1. The Bertz CT molecular complexity index is 528. The summed E-state index contributed by atoms with van der Waals surface area (Å²) in [6, 6.07) is 7.22. The highest BCUT2D eigenvalue weighted by Crippen LogP contribution is 2.14. The molecule has 0 spiro atoms. The van der Waals surface area contributed by atoms with Crippen LogP contribution >= 0.6 is 11.6 Å². The maximum Gasteiger partial charge on any atom is 0.409 e. The number of hydrogen-bond acceptors (Lipinski definition) is 4. The minimum Gasteiger partial charge on any atom is -0.450 e. The summed E-state index contributed by atoms with van der Waals surface area (Å²) in [5.41, 5.74) is 0.721. The number of amides is 2. The maximum absolute atomic E-state index is 11.9. The van der Waals surface area contributed by atoms with Gasteiger partial charge in [-0.05, 0) is 44.0 Å². The molecular weight excluding hydrogens is 318 g/mol. The molecule has 1 saturated heterocycles. The van der Waals surface area contributed by atoms with Crippen molar-refractivity contribution in [3.63, 3.8) is 0 Å². The summed E-state index contributed by atoms with van der Waals surface area (Å²) in [7, 11) is 0. The van der Waals surface area contributed by atoms with E-state index in [1.54, 1.807) is 36.1 Å². The second-order valence-electron chi connectivity index (χ2n) is 5.40. The molecule has 2 amide bonds. The molecule has 7 heteroatoms. The molecule has 0 unspecified atom stereocenters. The summed E-state index contributed by atoms with van der Waals surface area (Å²) < 4.78 is 4.98. The number of nitrogens with zero attached hydrogens (tertiary/aromatic N) is 1. The molecule has 0 atom stereocenters. The number of benzene rings is 1. The number of piperidine rings is 1. The molecule has 0 aliphatic carbocycles. The number of carbonyl (C=O) groups excluding carboxylic acids is 2. The van der Waals surface area contributed by atoms with Gasteiger partial charge in [0.15, 0.2) is 0 Å². The number of nitrogens with one attached hydrogen (secondary N) is 2. The average molecular weight is 340 g/mol. The molecule has 0 bridgehead atoms. The SMILES string of the molecule is CCOC(=O)N1CCC(NCC(=O)Nc2ccc(Cl)cc2)CC1. The number of halogens is 1. The summed E-state index contributed by atoms with van der Waals surface area (Å²) in [5, 5.41) is 6.67. The van der Waals surface area contributed by atoms with Crippen LogP contribution in [0.15, 0.2) is 24.3 Å². The largest absolute Gasteiger partial charge is 0.450 e. The molecule has 1 fully saturated rings. The van der Waals surface area contributed by atoms with Gasteiger partial charge in [0, 0.05) is 29.8 Å². The van der Waals surface area contributed by atoms with Gasteiger partial charge in [-0.1, -0.05) is 11.6 Å². The third-order valence-corrected chi connectivity index (χ3v) is 3.95. The van der Waals surface area contributed by atoms with E-state index >= 15 is 0 Å². The Morgan fingerprint density at radius 1 is 1.26 bits per heavy atom. The van der Waals surface area contributed by atoms with Gasteiger partial charge in [-0.2, -0.15) is 0 Å². The van der Waals surface area contributed by atoms with Gasteiger partial charge in [-0.3, -0.25) is 4.79 Å². The van der Waals surface area contributed by atoms with Crippen molar-refractivity contribution >= 4 is 29.3 Å². The normalized spacial score (nSPS) is 15.3. The number of rotatable bonds is 5. The molecule has 0 saturated carbocycles. The van der Waals surface area contributed by atoms with E-state index in [-0.39, 0.29) is 24.6 Å². The molecule has 0 radical (unpaired) electrons. The summed E-state index contributed by atoms with van der Waals surface area (Å²) >= 11 is 5.80. The first-order chi connectivity index (χ1) is 11.1. The lowest BCUT2D eigenvalue weighted by molar-refractivity contribution is -0.115. The minimum absolute atomic E-state index is 0.0971. The Morgan fingerprint density at radius 2 is 1.91 bits per heavy atom. The standard InChI is InChI=1S/C16H22ClN3O3/c1-2-23-16(22)20-9-7-13(8-10-20)18-11-15(21)19-14-5-3-12(17)4-6-14/h3-6,13,18H,2,7-11H2,1H3,(H,19,21). The summed E-state index contributed by atoms with van der Waals surface area (Å²) in [6.07, 6.45) is 1.37. The predicted octanol–water partition coefficient (Wildman–Crippen LogP) is 2.49. The molecule has 1 heterocycles. The molecule has 1 aliphatic heterocycles. The molecule has 126 valence electrons. The summed E-state index contributed by atoms with van der Waals surface area (Å²) in [6.45, 7) is 3.73. The zero-order valence-electron chi connectivity index (χ0n) is 13.2. The van der Waals surface area contributed by atoms with Crippen LogP contribution in [0.25, 0.3) is 0 Å². The van der Waals surface area contributed by atoms with Gasteiger partial charge in [0.05, 0.1) is 13.2 Å². The molecule has 23 heavy (non-hydrogen) atoms. The smallest absolute Gasteiger partial charge is 0.409 e. The van der Waals surface area contributed by atoms with Crippen LogP contribution < -0.4 is 10.6 Å². The van der Waals surface area contributed by atoms with Gasteiger partial charge < -0.3 is 20.3 Å². The van der Waals surface area contributed by atoms with E-state index < -0.39 is 0 Å². The maximum atomic E-state index is 11.9. The van der Waals surface area contributed by atoms with Crippen LogP contribution in [0.5, 0.6) is 0 Å². The van der Waals surface area contributed by atoms with Gasteiger partial charge in [-0.15, -0.1) is 0 Å². The van der Waals surface area contributed by atoms with Crippen molar-refractivity contribution in [2.24, 2.45) is 0 Å². The van der Waals surface area contributed by atoms with Crippen LogP contribution in [0.2, 0.25) is 5.02 Å². The van der Waals surface area contributed by atoms with Crippen molar-refractivity contribution in [1.29, 1.82) is 0 Å². The number of carbonyl (C=O) groups is 2. The number of likely N-dealkylation sites (tertiary alicyclic amines) is 1. The Labute approximate surface area is 141 Å². The first-order valence-electron chi connectivity index (χ1n) is 7.79. The van der Waals surface area contributed by atoms with E-state index in [2.05, 4.69) is 10.6 Å². The number of anilines is 1. The third-order valence-electron chi connectivity index (χ3n) is 3.70. The second-order valence-corrected chi connectivity index (χ2v) is 5.83. The van der Waals surface area contributed by atoms with E-state index in [1.165, 1.54) is 0 Å².